The molecule has 4 nitrogen and oxygen atoms in total. The van der Waals surface area contributed by atoms with E-state index in [0.29, 0.717) is 6.42 Å². The molecule has 2 aromatic heterocycles. The van der Waals surface area contributed by atoms with Gasteiger partial charge in [-0.2, -0.15) is 11.3 Å². The first kappa shape index (κ1) is 22.5. The Kier molecular flexibility index (Phi) is 7.25. The number of cyclic esters (lactones) is 1. The van der Waals surface area contributed by atoms with E-state index in [1.165, 1.54) is 28.7 Å². The minimum Gasteiger partial charge on any atom is -0.457 e. The van der Waals surface area contributed by atoms with Crippen LogP contribution in [-0.4, -0.2) is 27.7 Å². The second kappa shape index (κ2) is 9.33. The molecule has 1 saturated heterocycles. The molecular formula is C22H28O4S3. The zero-order valence-corrected chi connectivity index (χ0v) is 19.7. The predicted molar refractivity (Wildman–Crippen MR) is 120 cm³/mol. The van der Waals surface area contributed by atoms with Gasteiger partial charge in [0.1, 0.15) is 5.60 Å². The van der Waals surface area contributed by atoms with E-state index in [-0.39, 0.29) is 30.6 Å². The van der Waals surface area contributed by atoms with E-state index < -0.39 is 16.8 Å². The lowest BCUT2D eigenvalue weighted by molar-refractivity contribution is -0.176. The van der Waals surface area contributed by atoms with Crippen LogP contribution in [0.4, 0.5) is 0 Å². The number of thiophene rings is 2. The van der Waals surface area contributed by atoms with Gasteiger partial charge in [-0.05, 0) is 53.1 Å². The minimum absolute atomic E-state index is 0.0347. The highest BCUT2D eigenvalue weighted by Crippen LogP contribution is 2.43. The van der Waals surface area contributed by atoms with Crippen LogP contribution in [0, 0.1) is 5.92 Å². The number of thioether (sulfide) groups is 1. The number of aryl methyl sites for hydroxylation is 1. The second-order valence-corrected chi connectivity index (χ2v) is 11.3. The average molecular weight is 453 g/mol. The van der Waals surface area contributed by atoms with Gasteiger partial charge in [0.15, 0.2) is 11.0 Å². The summed E-state index contributed by atoms with van der Waals surface area (Å²) in [6.45, 7) is 8.15. The maximum atomic E-state index is 13.1. The number of rotatable bonds is 8. The average Bonchev–Trinajstić information content (AvgIpc) is 3.32. The van der Waals surface area contributed by atoms with Gasteiger partial charge in [0, 0.05) is 21.1 Å². The molecule has 29 heavy (non-hydrogen) atoms. The van der Waals surface area contributed by atoms with Gasteiger partial charge in [0.05, 0.1) is 6.61 Å². The van der Waals surface area contributed by atoms with Crippen molar-refractivity contribution in [3.8, 4) is 0 Å². The third-order valence-corrected chi connectivity index (χ3v) is 9.02. The molecule has 0 aromatic carbocycles. The predicted octanol–water partition coefficient (Wildman–Crippen LogP) is 5.43. The van der Waals surface area contributed by atoms with Crippen LogP contribution in [0.1, 0.15) is 61.8 Å². The molecule has 0 saturated carbocycles. The minimum atomic E-state index is -0.832. The molecule has 1 N–H and O–H groups in total. The molecule has 158 valence electrons. The zero-order valence-electron chi connectivity index (χ0n) is 17.3. The summed E-state index contributed by atoms with van der Waals surface area (Å²) in [4.78, 5) is 28.9. The molecule has 3 heterocycles. The van der Waals surface area contributed by atoms with Crippen molar-refractivity contribution in [1.29, 1.82) is 0 Å². The van der Waals surface area contributed by atoms with Gasteiger partial charge in [-0.25, -0.2) is 0 Å². The zero-order chi connectivity index (χ0) is 21.2. The lowest BCUT2D eigenvalue weighted by Crippen LogP contribution is -2.52. The normalized spacial score (nSPS) is 22.5. The number of carbonyl (C=O) groups is 2. The number of aliphatic hydroxyl groups excluding tert-OH is 1. The SMILES string of the molecule is CC(C)c1sc(CO)cc1SC1C(=O)CC(CCc2ccsc2)(C(C)C)OC1=O. The van der Waals surface area contributed by atoms with Crippen LogP contribution in [-0.2, 0) is 27.4 Å². The van der Waals surface area contributed by atoms with Gasteiger partial charge in [-0.3, -0.25) is 9.59 Å². The van der Waals surface area contributed by atoms with Gasteiger partial charge >= 0.3 is 5.97 Å². The molecule has 1 aliphatic rings. The van der Waals surface area contributed by atoms with Gasteiger partial charge in [-0.15, -0.1) is 23.1 Å². The summed E-state index contributed by atoms with van der Waals surface area (Å²) in [6.07, 6.45) is 1.70. The van der Waals surface area contributed by atoms with E-state index in [0.717, 1.165) is 21.1 Å². The fourth-order valence-corrected chi connectivity index (χ4v) is 6.74. The maximum absolute atomic E-state index is 13.1. The topological polar surface area (TPSA) is 63.6 Å². The monoisotopic (exact) mass is 452 g/mol. The largest absolute Gasteiger partial charge is 0.457 e. The van der Waals surface area contributed by atoms with E-state index in [1.807, 2.05) is 25.3 Å². The molecule has 2 atom stereocenters. The standard InChI is InChI=1S/C22H28O4S3/c1-13(2)19-18(9-16(11-23)28-19)29-20-17(24)10-22(14(3)4,26-21(20)25)7-5-15-6-8-27-12-15/h6,8-9,12-14,20,23H,5,7,10-11H2,1-4H3. The summed E-state index contributed by atoms with van der Waals surface area (Å²) < 4.78 is 6.00. The molecule has 0 amide bonds. The Morgan fingerprint density at radius 3 is 2.62 bits per heavy atom. The fourth-order valence-electron chi connectivity index (χ4n) is 3.60. The van der Waals surface area contributed by atoms with Crippen molar-refractivity contribution in [2.45, 2.75) is 75.2 Å². The number of ketones is 1. The van der Waals surface area contributed by atoms with Gasteiger partial charge in [-0.1, -0.05) is 27.7 Å². The summed E-state index contributed by atoms with van der Waals surface area (Å²) in [5.74, 6) is -0.167. The molecule has 2 unspecified atom stereocenters. The van der Waals surface area contributed by atoms with E-state index >= 15 is 0 Å². The molecular weight excluding hydrogens is 424 g/mol. The molecule has 1 fully saturated rings. The second-order valence-electron chi connectivity index (χ2n) is 8.17. The molecule has 2 aromatic rings. The maximum Gasteiger partial charge on any atom is 0.327 e. The number of Topliss-reactive ketones (excluding diaryl/α,β-unsaturated/α-hetero) is 1. The Bertz CT molecular complexity index is 834. The van der Waals surface area contributed by atoms with Crippen LogP contribution in [0.2, 0.25) is 0 Å². The van der Waals surface area contributed by atoms with E-state index in [1.54, 1.807) is 11.3 Å². The number of esters is 1. The van der Waals surface area contributed by atoms with Crippen LogP contribution >= 0.6 is 34.4 Å². The van der Waals surface area contributed by atoms with Gasteiger partial charge < -0.3 is 9.84 Å². The highest BCUT2D eigenvalue weighted by atomic mass is 32.2. The Morgan fingerprint density at radius 2 is 2.07 bits per heavy atom. The number of aliphatic hydroxyl groups is 1. The van der Waals surface area contributed by atoms with Gasteiger partial charge in [0.2, 0.25) is 0 Å². The molecule has 3 rings (SSSR count). The summed E-state index contributed by atoms with van der Waals surface area (Å²) in [7, 11) is 0. The lowest BCUT2D eigenvalue weighted by Gasteiger charge is -2.41. The number of carbonyl (C=O) groups excluding carboxylic acids is 2. The van der Waals surface area contributed by atoms with Crippen molar-refractivity contribution >= 4 is 46.2 Å². The molecule has 0 aliphatic carbocycles. The summed E-state index contributed by atoms with van der Waals surface area (Å²) in [5, 5.41) is 12.8. The molecule has 0 radical (unpaired) electrons. The third-order valence-electron chi connectivity index (χ3n) is 5.45. The molecule has 0 bridgehead atoms. The fraction of sp³-hybridized carbons (Fsp3) is 0.545. The summed E-state index contributed by atoms with van der Waals surface area (Å²) in [6, 6.07) is 3.97. The quantitative estimate of drug-likeness (QED) is 0.427. The van der Waals surface area contributed by atoms with Crippen molar-refractivity contribution < 1.29 is 19.4 Å². The number of hydrogen-bond acceptors (Lipinski definition) is 7. The molecule has 7 heteroatoms. The van der Waals surface area contributed by atoms with Crippen molar-refractivity contribution in [1.82, 2.24) is 0 Å². The van der Waals surface area contributed by atoms with Crippen LogP contribution in [0.15, 0.2) is 27.8 Å². The summed E-state index contributed by atoms with van der Waals surface area (Å²) in [5.41, 5.74) is 0.477. The Balaban J connectivity index is 1.77. The first-order valence-electron chi connectivity index (χ1n) is 9.92. The van der Waals surface area contributed by atoms with Crippen LogP contribution < -0.4 is 0 Å². The smallest absolute Gasteiger partial charge is 0.327 e. The Labute approximate surface area is 184 Å². The van der Waals surface area contributed by atoms with Crippen molar-refractivity contribution in [3.05, 3.63) is 38.2 Å². The van der Waals surface area contributed by atoms with Crippen LogP contribution in [0.25, 0.3) is 0 Å². The number of ether oxygens (including phenoxy) is 1. The van der Waals surface area contributed by atoms with E-state index in [9.17, 15) is 14.7 Å². The van der Waals surface area contributed by atoms with Gasteiger partial charge in [0.25, 0.3) is 0 Å². The van der Waals surface area contributed by atoms with Crippen LogP contribution in [0.3, 0.4) is 0 Å². The highest BCUT2D eigenvalue weighted by Gasteiger charge is 2.49. The van der Waals surface area contributed by atoms with E-state index in [4.69, 9.17) is 4.74 Å². The Hall–Kier alpha value is -1.15. The first-order valence-corrected chi connectivity index (χ1v) is 12.6. The van der Waals surface area contributed by atoms with Crippen molar-refractivity contribution in [3.63, 3.8) is 0 Å². The van der Waals surface area contributed by atoms with Crippen LogP contribution in [0.5, 0.6) is 0 Å². The van der Waals surface area contributed by atoms with E-state index in [2.05, 4.69) is 25.3 Å². The summed E-state index contributed by atoms with van der Waals surface area (Å²) >= 11 is 4.46. The third kappa shape index (κ3) is 4.95. The Morgan fingerprint density at radius 1 is 1.31 bits per heavy atom. The first-order chi connectivity index (χ1) is 13.8. The van der Waals surface area contributed by atoms with Crippen molar-refractivity contribution in [2.75, 3.05) is 0 Å². The molecule has 1 aliphatic heterocycles. The highest BCUT2D eigenvalue weighted by molar-refractivity contribution is 8.01. The number of hydrogen-bond donors (Lipinski definition) is 1. The molecule has 0 spiro atoms. The van der Waals surface area contributed by atoms with Crippen molar-refractivity contribution in [2.24, 2.45) is 5.92 Å². The lowest BCUT2D eigenvalue weighted by atomic mass is 9.78.